The van der Waals surface area contributed by atoms with Crippen molar-refractivity contribution in [3.63, 3.8) is 0 Å². The minimum absolute atomic E-state index is 0.737. The van der Waals surface area contributed by atoms with E-state index in [2.05, 4.69) is 65.1 Å². The van der Waals surface area contributed by atoms with Gasteiger partial charge in [-0.15, -0.1) is 0 Å². The summed E-state index contributed by atoms with van der Waals surface area (Å²) >= 11 is 0. The Morgan fingerprint density at radius 1 is 1.14 bits per heavy atom. The number of aromatic nitrogens is 2. The average molecular weight is 297 g/mol. The fraction of sp³-hybridized carbons (Fsp3) is 0.526. The molecule has 0 unspecified atom stereocenters. The van der Waals surface area contributed by atoms with Crippen LogP contribution in [-0.4, -0.2) is 27.8 Å². The molecule has 0 bridgehead atoms. The first-order valence-corrected chi connectivity index (χ1v) is 8.56. The van der Waals surface area contributed by atoms with E-state index in [4.69, 9.17) is 0 Å². The number of rotatable bonds is 5. The van der Waals surface area contributed by atoms with Crippen molar-refractivity contribution < 1.29 is 0 Å². The predicted octanol–water partition coefficient (Wildman–Crippen LogP) is 3.98. The zero-order valence-electron chi connectivity index (χ0n) is 13.8. The second-order valence-corrected chi connectivity index (χ2v) is 6.44. The SMILES string of the molecule is CCCn1ncc(CN2CCC(c3ccccc3)CC2)c1C. The Balaban J connectivity index is 1.56. The van der Waals surface area contributed by atoms with Crippen LogP contribution >= 0.6 is 0 Å². The van der Waals surface area contributed by atoms with E-state index in [1.165, 1.54) is 42.8 Å². The lowest BCUT2D eigenvalue weighted by Gasteiger charge is -2.32. The van der Waals surface area contributed by atoms with Crippen molar-refractivity contribution in [2.45, 2.75) is 52.1 Å². The molecule has 1 aliphatic rings. The molecular weight excluding hydrogens is 270 g/mol. The molecule has 0 aliphatic carbocycles. The van der Waals surface area contributed by atoms with E-state index in [0.29, 0.717) is 0 Å². The lowest BCUT2D eigenvalue weighted by Crippen LogP contribution is -2.32. The highest BCUT2D eigenvalue weighted by Gasteiger charge is 2.21. The molecule has 0 amide bonds. The van der Waals surface area contributed by atoms with Gasteiger partial charge in [0.05, 0.1) is 6.20 Å². The molecule has 2 aromatic rings. The molecule has 1 aliphatic heterocycles. The van der Waals surface area contributed by atoms with E-state index < -0.39 is 0 Å². The van der Waals surface area contributed by atoms with Crippen LogP contribution in [0, 0.1) is 6.92 Å². The number of hydrogen-bond acceptors (Lipinski definition) is 2. The van der Waals surface area contributed by atoms with E-state index in [1.807, 2.05) is 0 Å². The summed E-state index contributed by atoms with van der Waals surface area (Å²) in [6, 6.07) is 11.0. The Morgan fingerprint density at radius 2 is 1.86 bits per heavy atom. The number of hydrogen-bond donors (Lipinski definition) is 0. The maximum absolute atomic E-state index is 4.52. The molecule has 0 saturated carbocycles. The van der Waals surface area contributed by atoms with Gasteiger partial charge in [0.15, 0.2) is 0 Å². The Morgan fingerprint density at radius 3 is 2.55 bits per heavy atom. The standard InChI is InChI=1S/C19H27N3/c1-3-11-22-16(2)19(14-20-22)15-21-12-9-18(10-13-21)17-7-5-4-6-8-17/h4-8,14,18H,3,9-13,15H2,1-2H3. The van der Waals surface area contributed by atoms with Gasteiger partial charge in [0.1, 0.15) is 0 Å². The largest absolute Gasteiger partial charge is 0.299 e. The van der Waals surface area contributed by atoms with E-state index in [1.54, 1.807) is 0 Å². The molecule has 0 spiro atoms. The van der Waals surface area contributed by atoms with Gasteiger partial charge in [0, 0.05) is 24.3 Å². The summed E-state index contributed by atoms with van der Waals surface area (Å²) in [5.41, 5.74) is 4.24. The molecule has 1 fully saturated rings. The third-order valence-corrected chi connectivity index (χ3v) is 4.89. The first-order chi connectivity index (χ1) is 10.8. The number of piperidine rings is 1. The van der Waals surface area contributed by atoms with Gasteiger partial charge in [0.25, 0.3) is 0 Å². The first-order valence-electron chi connectivity index (χ1n) is 8.56. The van der Waals surface area contributed by atoms with E-state index in [0.717, 1.165) is 25.4 Å². The molecule has 1 saturated heterocycles. The zero-order chi connectivity index (χ0) is 15.4. The van der Waals surface area contributed by atoms with Crippen molar-refractivity contribution in [1.29, 1.82) is 0 Å². The molecule has 1 aromatic carbocycles. The highest BCUT2D eigenvalue weighted by Crippen LogP contribution is 2.28. The lowest BCUT2D eigenvalue weighted by molar-refractivity contribution is 0.204. The number of benzene rings is 1. The third kappa shape index (κ3) is 3.41. The normalized spacial score (nSPS) is 17.0. The summed E-state index contributed by atoms with van der Waals surface area (Å²) in [7, 11) is 0. The van der Waals surface area contributed by atoms with Crippen LogP contribution < -0.4 is 0 Å². The Bertz CT molecular complexity index is 580. The predicted molar refractivity (Wildman–Crippen MR) is 90.9 cm³/mol. The number of nitrogens with zero attached hydrogens (tertiary/aromatic N) is 3. The van der Waals surface area contributed by atoms with Crippen LogP contribution in [0.15, 0.2) is 36.5 Å². The van der Waals surface area contributed by atoms with Crippen molar-refractivity contribution in [3.05, 3.63) is 53.3 Å². The second kappa shape index (κ2) is 7.10. The molecule has 1 aromatic heterocycles. The van der Waals surface area contributed by atoms with Gasteiger partial charge in [-0.25, -0.2) is 0 Å². The van der Waals surface area contributed by atoms with Gasteiger partial charge in [-0.2, -0.15) is 5.10 Å². The molecule has 3 rings (SSSR count). The summed E-state index contributed by atoms with van der Waals surface area (Å²) in [6.45, 7) is 8.87. The van der Waals surface area contributed by atoms with Crippen LogP contribution in [0.2, 0.25) is 0 Å². The summed E-state index contributed by atoms with van der Waals surface area (Å²) < 4.78 is 2.14. The van der Waals surface area contributed by atoms with Crippen LogP contribution in [0.4, 0.5) is 0 Å². The monoisotopic (exact) mass is 297 g/mol. The maximum atomic E-state index is 4.52. The van der Waals surface area contributed by atoms with Crippen LogP contribution in [0.3, 0.4) is 0 Å². The molecule has 118 valence electrons. The summed E-state index contributed by atoms with van der Waals surface area (Å²) in [5, 5.41) is 4.52. The van der Waals surface area contributed by atoms with E-state index in [9.17, 15) is 0 Å². The fourth-order valence-electron chi connectivity index (χ4n) is 3.47. The summed E-state index contributed by atoms with van der Waals surface area (Å²) in [5.74, 6) is 0.737. The van der Waals surface area contributed by atoms with Crippen molar-refractivity contribution >= 4 is 0 Å². The molecule has 22 heavy (non-hydrogen) atoms. The number of aryl methyl sites for hydroxylation is 1. The molecule has 2 heterocycles. The topological polar surface area (TPSA) is 21.1 Å². The van der Waals surface area contributed by atoms with E-state index >= 15 is 0 Å². The molecule has 0 atom stereocenters. The quantitative estimate of drug-likeness (QED) is 0.832. The van der Waals surface area contributed by atoms with Gasteiger partial charge >= 0.3 is 0 Å². The van der Waals surface area contributed by atoms with Gasteiger partial charge in [0.2, 0.25) is 0 Å². The highest BCUT2D eigenvalue weighted by molar-refractivity contribution is 5.20. The molecule has 0 radical (unpaired) electrons. The van der Waals surface area contributed by atoms with Crippen LogP contribution in [0.25, 0.3) is 0 Å². The van der Waals surface area contributed by atoms with Crippen LogP contribution in [0.1, 0.15) is 48.9 Å². The molecular formula is C19H27N3. The van der Waals surface area contributed by atoms with Gasteiger partial charge in [-0.05, 0) is 50.8 Å². The fourth-order valence-corrected chi connectivity index (χ4v) is 3.47. The minimum Gasteiger partial charge on any atom is -0.299 e. The molecule has 3 heteroatoms. The van der Waals surface area contributed by atoms with Gasteiger partial charge in [-0.1, -0.05) is 37.3 Å². The highest BCUT2D eigenvalue weighted by atomic mass is 15.3. The Hall–Kier alpha value is -1.61. The minimum atomic E-state index is 0.737. The summed E-state index contributed by atoms with van der Waals surface area (Å²) in [4.78, 5) is 2.58. The van der Waals surface area contributed by atoms with Crippen LogP contribution in [-0.2, 0) is 13.1 Å². The van der Waals surface area contributed by atoms with Gasteiger partial charge in [-0.3, -0.25) is 9.58 Å². The van der Waals surface area contributed by atoms with Crippen molar-refractivity contribution in [2.24, 2.45) is 0 Å². The zero-order valence-corrected chi connectivity index (χ0v) is 13.8. The average Bonchev–Trinajstić information content (AvgIpc) is 2.90. The van der Waals surface area contributed by atoms with Gasteiger partial charge < -0.3 is 0 Å². The third-order valence-electron chi connectivity index (χ3n) is 4.89. The molecule has 3 nitrogen and oxygen atoms in total. The Labute approximate surface area is 133 Å². The molecule has 0 N–H and O–H groups in total. The first kappa shape index (κ1) is 15.3. The number of likely N-dealkylation sites (tertiary alicyclic amines) is 1. The van der Waals surface area contributed by atoms with Crippen molar-refractivity contribution in [3.8, 4) is 0 Å². The maximum Gasteiger partial charge on any atom is 0.0537 e. The smallest absolute Gasteiger partial charge is 0.0537 e. The lowest BCUT2D eigenvalue weighted by atomic mass is 9.89. The van der Waals surface area contributed by atoms with Crippen molar-refractivity contribution in [1.82, 2.24) is 14.7 Å². The summed E-state index contributed by atoms with van der Waals surface area (Å²) in [6.07, 6.45) is 5.75. The van der Waals surface area contributed by atoms with Crippen LogP contribution in [0.5, 0.6) is 0 Å². The van der Waals surface area contributed by atoms with E-state index in [-0.39, 0.29) is 0 Å². The van der Waals surface area contributed by atoms with Crippen molar-refractivity contribution in [2.75, 3.05) is 13.1 Å². The Kier molecular flexibility index (Phi) is 4.94. The second-order valence-electron chi connectivity index (χ2n) is 6.44.